The minimum atomic E-state index is -0.403. The van der Waals surface area contributed by atoms with E-state index in [2.05, 4.69) is 0 Å². The summed E-state index contributed by atoms with van der Waals surface area (Å²) in [5.74, 6) is 2.04. The SMILES string of the molecule is COc1ccc(F)cc1C(=O)C1SCCSC1C. The number of methoxy groups -OCH3 is 1. The van der Waals surface area contributed by atoms with Crippen molar-refractivity contribution >= 4 is 29.3 Å². The van der Waals surface area contributed by atoms with Gasteiger partial charge in [-0.25, -0.2) is 4.39 Å². The third kappa shape index (κ3) is 2.83. The Morgan fingerprint density at radius 2 is 2.11 bits per heavy atom. The number of carbonyl (C=O) groups excluding carboxylic acids is 1. The van der Waals surface area contributed by atoms with Crippen molar-refractivity contribution in [2.45, 2.75) is 17.4 Å². The number of rotatable bonds is 3. The van der Waals surface area contributed by atoms with Crippen LogP contribution in [0.1, 0.15) is 17.3 Å². The molecule has 18 heavy (non-hydrogen) atoms. The smallest absolute Gasteiger partial charge is 0.180 e. The summed E-state index contributed by atoms with van der Waals surface area (Å²) in [6.07, 6.45) is 0. The van der Waals surface area contributed by atoms with Crippen LogP contribution in [0.5, 0.6) is 5.75 Å². The summed E-state index contributed by atoms with van der Waals surface area (Å²) in [5.41, 5.74) is 0.351. The fourth-order valence-corrected chi connectivity index (χ4v) is 4.66. The van der Waals surface area contributed by atoms with Crippen molar-refractivity contribution in [2.75, 3.05) is 18.6 Å². The number of carbonyl (C=O) groups is 1. The Kier molecular flexibility index (Phi) is 4.56. The molecular weight excluding hydrogens is 271 g/mol. The third-order valence-corrected chi connectivity index (χ3v) is 5.96. The molecule has 1 aliphatic heterocycles. The summed E-state index contributed by atoms with van der Waals surface area (Å²) in [4.78, 5) is 12.5. The molecule has 1 saturated heterocycles. The van der Waals surface area contributed by atoms with Gasteiger partial charge in [0.05, 0.1) is 17.9 Å². The summed E-state index contributed by atoms with van der Waals surface area (Å²) in [6.45, 7) is 2.05. The van der Waals surface area contributed by atoms with Crippen molar-refractivity contribution in [3.8, 4) is 5.75 Å². The van der Waals surface area contributed by atoms with Crippen LogP contribution in [0.2, 0.25) is 0 Å². The Bertz CT molecular complexity index is 451. The Morgan fingerprint density at radius 1 is 1.39 bits per heavy atom. The number of Topliss-reactive ketones (excluding diaryl/α,β-unsaturated/α-hetero) is 1. The molecule has 2 atom stereocenters. The number of ether oxygens (including phenoxy) is 1. The van der Waals surface area contributed by atoms with Gasteiger partial charge in [-0.15, -0.1) is 11.8 Å². The predicted molar refractivity (Wildman–Crippen MR) is 75.4 cm³/mol. The number of hydrogen-bond acceptors (Lipinski definition) is 4. The zero-order valence-electron chi connectivity index (χ0n) is 10.3. The average Bonchev–Trinajstić information content (AvgIpc) is 2.38. The highest BCUT2D eigenvalue weighted by molar-refractivity contribution is 8.07. The van der Waals surface area contributed by atoms with E-state index in [1.165, 1.54) is 25.3 Å². The molecule has 0 spiro atoms. The quantitative estimate of drug-likeness (QED) is 0.797. The van der Waals surface area contributed by atoms with E-state index in [1.807, 2.05) is 6.92 Å². The van der Waals surface area contributed by atoms with Crippen LogP contribution in [0.15, 0.2) is 18.2 Å². The monoisotopic (exact) mass is 286 g/mol. The maximum Gasteiger partial charge on any atom is 0.180 e. The van der Waals surface area contributed by atoms with Gasteiger partial charge in [0.1, 0.15) is 11.6 Å². The van der Waals surface area contributed by atoms with Gasteiger partial charge in [0.25, 0.3) is 0 Å². The first kappa shape index (κ1) is 13.7. The summed E-state index contributed by atoms with van der Waals surface area (Å²) >= 11 is 3.44. The first-order valence-electron chi connectivity index (χ1n) is 5.74. The van der Waals surface area contributed by atoms with E-state index in [9.17, 15) is 9.18 Å². The van der Waals surface area contributed by atoms with Crippen molar-refractivity contribution < 1.29 is 13.9 Å². The fraction of sp³-hybridized carbons (Fsp3) is 0.462. The molecule has 98 valence electrons. The van der Waals surface area contributed by atoms with Crippen LogP contribution in [0, 0.1) is 5.82 Å². The molecule has 0 amide bonds. The Balaban J connectivity index is 2.29. The molecule has 1 aliphatic rings. The number of benzene rings is 1. The van der Waals surface area contributed by atoms with Crippen LogP contribution in [0.3, 0.4) is 0 Å². The zero-order valence-corrected chi connectivity index (χ0v) is 11.9. The van der Waals surface area contributed by atoms with Crippen molar-refractivity contribution in [3.05, 3.63) is 29.6 Å². The normalized spacial score (nSPS) is 23.7. The van der Waals surface area contributed by atoms with Gasteiger partial charge >= 0.3 is 0 Å². The molecule has 2 nitrogen and oxygen atoms in total. The minimum absolute atomic E-state index is 0.0314. The fourth-order valence-electron chi connectivity index (χ4n) is 1.95. The molecule has 1 aromatic rings. The van der Waals surface area contributed by atoms with E-state index >= 15 is 0 Å². The second-order valence-electron chi connectivity index (χ2n) is 4.08. The molecule has 1 fully saturated rings. The number of ketones is 1. The lowest BCUT2D eigenvalue weighted by atomic mass is 10.0. The number of hydrogen-bond donors (Lipinski definition) is 0. The van der Waals surface area contributed by atoms with Gasteiger partial charge in [-0.1, -0.05) is 6.92 Å². The average molecular weight is 286 g/mol. The van der Waals surface area contributed by atoms with Crippen LogP contribution in [-0.2, 0) is 0 Å². The number of thioether (sulfide) groups is 2. The van der Waals surface area contributed by atoms with Crippen LogP contribution >= 0.6 is 23.5 Å². The largest absolute Gasteiger partial charge is 0.496 e. The maximum absolute atomic E-state index is 13.3. The van der Waals surface area contributed by atoms with E-state index in [0.717, 1.165) is 11.5 Å². The molecule has 1 aromatic carbocycles. The van der Waals surface area contributed by atoms with Crippen molar-refractivity contribution in [2.24, 2.45) is 0 Å². The lowest BCUT2D eigenvalue weighted by Crippen LogP contribution is -2.31. The van der Waals surface area contributed by atoms with Crippen LogP contribution in [-0.4, -0.2) is 34.9 Å². The molecule has 2 rings (SSSR count). The Morgan fingerprint density at radius 3 is 2.78 bits per heavy atom. The molecular formula is C13H15FO2S2. The van der Waals surface area contributed by atoms with Gasteiger partial charge in [0, 0.05) is 16.8 Å². The molecule has 5 heteroatoms. The topological polar surface area (TPSA) is 26.3 Å². The van der Waals surface area contributed by atoms with E-state index in [1.54, 1.807) is 23.5 Å². The van der Waals surface area contributed by atoms with Gasteiger partial charge < -0.3 is 4.74 Å². The summed E-state index contributed by atoms with van der Waals surface area (Å²) in [5, 5.41) is 0.142. The highest BCUT2D eigenvalue weighted by atomic mass is 32.2. The highest BCUT2D eigenvalue weighted by Gasteiger charge is 2.31. The first-order valence-corrected chi connectivity index (χ1v) is 7.84. The second kappa shape index (κ2) is 5.97. The van der Waals surface area contributed by atoms with Crippen molar-refractivity contribution in [3.63, 3.8) is 0 Å². The first-order chi connectivity index (χ1) is 8.63. The summed E-state index contributed by atoms with van der Waals surface area (Å²) < 4.78 is 18.4. The van der Waals surface area contributed by atoms with Gasteiger partial charge in [0.2, 0.25) is 0 Å². The molecule has 2 unspecified atom stereocenters. The second-order valence-corrected chi connectivity index (χ2v) is 6.81. The lowest BCUT2D eigenvalue weighted by Gasteiger charge is -2.27. The molecule has 1 heterocycles. The Hall–Kier alpha value is -0.680. The van der Waals surface area contributed by atoms with Crippen molar-refractivity contribution in [1.82, 2.24) is 0 Å². The molecule has 0 N–H and O–H groups in total. The number of halogens is 1. The molecule has 0 aliphatic carbocycles. The van der Waals surface area contributed by atoms with E-state index in [-0.39, 0.29) is 16.3 Å². The van der Waals surface area contributed by atoms with Gasteiger partial charge in [-0.3, -0.25) is 4.79 Å². The standard InChI is InChI=1S/C13H15FO2S2/c1-8-13(18-6-5-17-8)12(15)10-7-9(14)3-4-11(10)16-2/h3-4,7-8,13H,5-6H2,1-2H3. The molecule has 0 aromatic heterocycles. The van der Waals surface area contributed by atoms with E-state index in [4.69, 9.17) is 4.74 Å². The molecule has 0 saturated carbocycles. The summed E-state index contributed by atoms with van der Waals surface area (Å²) in [7, 11) is 1.50. The lowest BCUT2D eigenvalue weighted by molar-refractivity contribution is 0.0986. The molecule has 0 radical (unpaired) electrons. The Labute approximate surface area is 115 Å². The minimum Gasteiger partial charge on any atom is -0.496 e. The van der Waals surface area contributed by atoms with Crippen molar-refractivity contribution in [1.29, 1.82) is 0 Å². The van der Waals surface area contributed by atoms with Crippen LogP contribution in [0.4, 0.5) is 4.39 Å². The van der Waals surface area contributed by atoms with E-state index < -0.39 is 5.82 Å². The molecule has 0 bridgehead atoms. The van der Waals surface area contributed by atoms with Crippen LogP contribution in [0.25, 0.3) is 0 Å². The van der Waals surface area contributed by atoms with Crippen LogP contribution < -0.4 is 4.74 Å². The van der Waals surface area contributed by atoms with E-state index in [0.29, 0.717) is 11.3 Å². The van der Waals surface area contributed by atoms with Gasteiger partial charge in [-0.05, 0) is 18.2 Å². The predicted octanol–water partition coefficient (Wildman–Crippen LogP) is 3.25. The summed E-state index contributed by atoms with van der Waals surface area (Å²) in [6, 6.07) is 4.09. The highest BCUT2D eigenvalue weighted by Crippen LogP contribution is 2.35. The zero-order chi connectivity index (χ0) is 13.1. The third-order valence-electron chi connectivity index (χ3n) is 2.87. The van der Waals surface area contributed by atoms with Gasteiger partial charge in [-0.2, -0.15) is 11.8 Å². The van der Waals surface area contributed by atoms with Gasteiger partial charge in [0.15, 0.2) is 5.78 Å². The maximum atomic E-state index is 13.3.